The third kappa shape index (κ3) is 4.11. The summed E-state index contributed by atoms with van der Waals surface area (Å²) in [5, 5.41) is 0.757. The van der Waals surface area contributed by atoms with Crippen molar-refractivity contribution in [3.05, 3.63) is 29.3 Å². The Morgan fingerprint density at radius 1 is 1.22 bits per heavy atom. The van der Waals surface area contributed by atoms with Gasteiger partial charge in [0, 0.05) is 42.8 Å². The van der Waals surface area contributed by atoms with E-state index in [9.17, 15) is 4.79 Å². The fourth-order valence-electron chi connectivity index (χ4n) is 3.74. The van der Waals surface area contributed by atoms with E-state index in [2.05, 4.69) is 11.0 Å². The average Bonchev–Trinajstić information content (AvgIpc) is 3.03. The molecular formula is C17H25Cl2N3O. The van der Waals surface area contributed by atoms with Crippen molar-refractivity contribution in [1.82, 2.24) is 4.90 Å². The summed E-state index contributed by atoms with van der Waals surface area (Å²) in [4.78, 5) is 17.0. The van der Waals surface area contributed by atoms with Gasteiger partial charge in [-0.3, -0.25) is 4.79 Å². The number of hydrogen-bond donors (Lipinski definition) is 1. The number of nitrogens with two attached hydrogens (primary N) is 1. The third-order valence-corrected chi connectivity index (χ3v) is 5.28. The summed E-state index contributed by atoms with van der Waals surface area (Å²) < 4.78 is 0. The molecule has 1 amide bonds. The van der Waals surface area contributed by atoms with Gasteiger partial charge in [0.2, 0.25) is 5.91 Å². The molecule has 128 valence electrons. The summed E-state index contributed by atoms with van der Waals surface area (Å²) in [6.07, 6.45) is 3.26. The molecule has 0 spiro atoms. The van der Waals surface area contributed by atoms with E-state index in [1.165, 1.54) is 0 Å². The van der Waals surface area contributed by atoms with E-state index in [1.807, 2.05) is 23.1 Å². The molecule has 1 aliphatic heterocycles. The molecule has 0 radical (unpaired) electrons. The molecule has 2 atom stereocenters. The molecule has 3 rings (SSSR count). The molecule has 6 heteroatoms. The Hall–Kier alpha value is -0.970. The van der Waals surface area contributed by atoms with Crippen molar-refractivity contribution < 1.29 is 4.79 Å². The van der Waals surface area contributed by atoms with Crippen LogP contribution in [0.2, 0.25) is 5.02 Å². The number of anilines is 1. The summed E-state index contributed by atoms with van der Waals surface area (Å²) in [5.41, 5.74) is 6.95. The largest absolute Gasteiger partial charge is 0.368 e. The summed E-state index contributed by atoms with van der Waals surface area (Å²) in [5.74, 6) is 0.861. The Labute approximate surface area is 149 Å². The predicted octanol–water partition coefficient (Wildman–Crippen LogP) is 2.79. The highest BCUT2D eigenvalue weighted by Gasteiger charge is 2.35. The number of carbonyl (C=O) groups excluding carboxylic acids is 1. The topological polar surface area (TPSA) is 49.6 Å². The Balaban J connectivity index is 0.00000192. The summed E-state index contributed by atoms with van der Waals surface area (Å²) in [6.45, 7) is 3.95. The van der Waals surface area contributed by atoms with Crippen molar-refractivity contribution in [2.24, 2.45) is 17.6 Å². The molecule has 1 aromatic rings. The Morgan fingerprint density at radius 2 is 1.96 bits per heavy atom. The van der Waals surface area contributed by atoms with Gasteiger partial charge >= 0.3 is 0 Å². The van der Waals surface area contributed by atoms with E-state index >= 15 is 0 Å². The first-order valence-electron chi connectivity index (χ1n) is 8.18. The minimum Gasteiger partial charge on any atom is -0.368 e. The smallest absolute Gasteiger partial charge is 0.226 e. The first-order chi connectivity index (χ1) is 10.7. The van der Waals surface area contributed by atoms with E-state index in [0.29, 0.717) is 18.4 Å². The maximum Gasteiger partial charge on any atom is 0.226 e. The van der Waals surface area contributed by atoms with Crippen LogP contribution in [0.15, 0.2) is 24.3 Å². The molecule has 1 aromatic carbocycles. The standard InChI is InChI=1S/C17H24ClN3O.ClH/c18-14-4-2-5-15(11-14)20-7-9-21(10-8-20)17(22)16-6-1-3-13(16)12-19;/h2,4-5,11,13,16H,1,3,6-10,12,19H2;1H/t13-,16-;/m1./s1. The van der Waals surface area contributed by atoms with Gasteiger partial charge in [0.1, 0.15) is 0 Å². The van der Waals surface area contributed by atoms with Crippen molar-refractivity contribution in [1.29, 1.82) is 0 Å². The Kier molecular flexibility index (Phi) is 6.57. The second kappa shape index (κ2) is 8.22. The van der Waals surface area contributed by atoms with Crippen molar-refractivity contribution in [2.75, 3.05) is 37.6 Å². The number of rotatable bonds is 3. The molecule has 1 heterocycles. The van der Waals surface area contributed by atoms with Crippen molar-refractivity contribution in [3.63, 3.8) is 0 Å². The van der Waals surface area contributed by atoms with Gasteiger partial charge in [0.25, 0.3) is 0 Å². The van der Waals surface area contributed by atoms with Crippen LogP contribution >= 0.6 is 24.0 Å². The van der Waals surface area contributed by atoms with Gasteiger partial charge in [0.15, 0.2) is 0 Å². The summed E-state index contributed by atoms with van der Waals surface area (Å²) in [7, 11) is 0. The highest BCUT2D eigenvalue weighted by atomic mass is 35.5. The number of hydrogen-bond acceptors (Lipinski definition) is 3. The van der Waals surface area contributed by atoms with E-state index in [1.54, 1.807) is 0 Å². The van der Waals surface area contributed by atoms with Gasteiger partial charge in [-0.2, -0.15) is 0 Å². The molecule has 2 fully saturated rings. The molecular weight excluding hydrogens is 333 g/mol. The number of halogens is 2. The Morgan fingerprint density at radius 3 is 2.61 bits per heavy atom. The molecule has 2 N–H and O–H groups in total. The number of carbonyl (C=O) groups is 1. The minimum absolute atomic E-state index is 0. The molecule has 4 nitrogen and oxygen atoms in total. The lowest BCUT2D eigenvalue weighted by atomic mass is 9.94. The van der Waals surface area contributed by atoms with Gasteiger partial charge in [-0.05, 0) is 43.5 Å². The van der Waals surface area contributed by atoms with Gasteiger partial charge < -0.3 is 15.5 Å². The molecule has 1 saturated carbocycles. The van der Waals surface area contributed by atoms with Crippen LogP contribution in [0.1, 0.15) is 19.3 Å². The predicted molar refractivity (Wildman–Crippen MR) is 97.4 cm³/mol. The van der Waals surface area contributed by atoms with Crippen LogP contribution in [0.3, 0.4) is 0 Å². The van der Waals surface area contributed by atoms with E-state index in [0.717, 1.165) is 56.2 Å². The van der Waals surface area contributed by atoms with Crippen LogP contribution in [-0.2, 0) is 4.79 Å². The van der Waals surface area contributed by atoms with Gasteiger partial charge in [-0.25, -0.2) is 0 Å². The van der Waals surface area contributed by atoms with Gasteiger partial charge in [-0.1, -0.05) is 24.1 Å². The molecule has 23 heavy (non-hydrogen) atoms. The van der Waals surface area contributed by atoms with Crippen LogP contribution in [0.4, 0.5) is 5.69 Å². The number of amides is 1. The molecule has 1 aliphatic carbocycles. The highest BCUT2D eigenvalue weighted by Crippen LogP contribution is 2.32. The second-order valence-electron chi connectivity index (χ2n) is 6.33. The number of benzene rings is 1. The van der Waals surface area contributed by atoms with Crippen molar-refractivity contribution in [3.8, 4) is 0 Å². The third-order valence-electron chi connectivity index (χ3n) is 5.04. The van der Waals surface area contributed by atoms with Crippen LogP contribution in [-0.4, -0.2) is 43.5 Å². The molecule has 2 aliphatic rings. The summed E-state index contributed by atoms with van der Waals surface area (Å²) in [6, 6.07) is 7.92. The first-order valence-corrected chi connectivity index (χ1v) is 8.56. The zero-order valence-electron chi connectivity index (χ0n) is 13.3. The monoisotopic (exact) mass is 357 g/mol. The SMILES string of the molecule is Cl.NC[C@H]1CCC[C@H]1C(=O)N1CCN(c2cccc(Cl)c2)CC1. The average molecular weight is 358 g/mol. The van der Waals surface area contributed by atoms with Crippen LogP contribution in [0.25, 0.3) is 0 Å². The maximum absolute atomic E-state index is 12.7. The first kappa shape index (κ1) is 18.4. The van der Waals surface area contributed by atoms with Crippen LogP contribution in [0, 0.1) is 11.8 Å². The molecule has 1 saturated heterocycles. The van der Waals surface area contributed by atoms with Gasteiger partial charge in [-0.15, -0.1) is 12.4 Å². The maximum atomic E-state index is 12.7. The minimum atomic E-state index is 0. The second-order valence-corrected chi connectivity index (χ2v) is 6.76. The Bertz CT molecular complexity index is 532. The van der Waals surface area contributed by atoms with E-state index < -0.39 is 0 Å². The van der Waals surface area contributed by atoms with E-state index in [4.69, 9.17) is 17.3 Å². The highest BCUT2D eigenvalue weighted by molar-refractivity contribution is 6.30. The lowest BCUT2D eigenvalue weighted by Crippen LogP contribution is -2.51. The number of piperazine rings is 1. The van der Waals surface area contributed by atoms with E-state index in [-0.39, 0.29) is 18.3 Å². The lowest BCUT2D eigenvalue weighted by molar-refractivity contribution is -0.136. The molecule has 0 aromatic heterocycles. The van der Waals surface area contributed by atoms with Gasteiger partial charge in [0.05, 0.1) is 0 Å². The zero-order valence-corrected chi connectivity index (χ0v) is 14.9. The fourth-order valence-corrected chi connectivity index (χ4v) is 3.92. The van der Waals surface area contributed by atoms with Crippen molar-refractivity contribution >= 4 is 35.6 Å². The number of nitrogens with zero attached hydrogens (tertiary/aromatic N) is 2. The van der Waals surface area contributed by atoms with Crippen LogP contribution < -0.4 is 10.6 Å². The summed E-state index contributed by atoms with van der Waals surface area (Å²) >= 11 is 6.06. The zero-order chi connectivity index (χ0) is 15.5. The van der Waals surface area contributed by atoms with Crippen molar-refractivity contribution in [2.45, 2.75) is 19.3 Å². The molecule has 0 unspecified atom stereocenters. The quantitative estimate of drug-likeness (QED) is 0.904. The normalized spacial score (nSPS) is 24.4. The lowest BCUT2D eigenvalue weighted by Gasteiger charge is -2.38. The van der Waals surface area contributed by atoms with Crippen LogP contribution in [0.5, 0.6) is 0 Å². The molecule has 0 bridgehead atoms. The fraction of sp³-hybridized carbons (Fsp3) is 0.588.